The van der Waals surface area contributed by atoms with Gasteiger partial charge in [-0.05, 0) is 47.5 Å². The van der Waals surface area contributed by atoms with E-state index in [-0.39, 0.29) is 11.5 Å². The van der Waals surface area contributed by atoms with Crippen molar-refractivity contribution < 1.29 is 13.6 Å². The Hall–Kier alpha value is -4.07. The van der Waals surface area contributed by atoms with Crippen molar-refractivity contribution in [3.63, 3.8) is 0 Å². The number of benzene rings is 3. The highest BCUT2D eigenvalue weighted by atomic mass is 19.1. The molecule has 0 unspecified atom stereocenters. The first kappa shape index (κ1) is 20.8. The lowest BCUT2D eigenvalue weighted by molar-refractivity contribution is 0.0746. The predicted octanol–water partition coefficient (Wildman–Crippen LogP) is 3.83. The van der Waals surface area contributed by atoms with E-state index < -0.39 is 11.6 Å². The van der Waals surface area contributed by atoms with Crippen molar-refractivity contribution in [2.45, 2.75) is 0 Å². The third-order valence-electron chi connectivity index (χ3n) is 5.79. The predicted molar refractivity (Wildman–Crippen MR) is 122 cm³/mol. The molecule has 3 aromatic carbocycles. The van der Waals surface area contributed by atoms with Crippen LogP contribution in [0.15, 0.2) is 71.5 Å². The number of fused-ring (bicyclic) bond motifs is 1. The van der Waals surface area contributed by atoms with E-state index in [1.165, 1.54) is 12.1 Å². The van der Waals surface area contributed by atoms with Crippen molar-refractivity contribution >= 4 is 22.8 Å². The summed E-state index contributed by atoms with van der Waals surface area (Å²) in [6, 6.07) is 17.2. The van der Waals surface area contributed by atoms with E-state index in [0.717, 1.165) is 6.07 Å². The number of para-hydroxylation sites is 1. The molecule has 166 valence electrons. The molecular weight excluding hydrogens is 426 g/mol. The highest BCUT2D eigenvalue weighted by Gasteiger charge is 2.23. The molecule has 0 atom stereocenters. The average molecular weight is 446 g/mol. The Morgan fingerprint density at radius 1 is 0.848 bits per heavy atom. The van der Waals surface area contributed by atoms with E-state index in [0.29, 0.717) is 59.7 Å². The number of carbonyl (C=O) groups is 1. The molecule has 1 aromatic heterocycles. The van der Waals surface area contributed by atoms with Crippen LogP contribution in [0.1, 0.15) is 10.4 Å². The first-order chi connectivity index (χ1) is 16.0. The average Bonchev–Trinajstić information content (AvgIpc) is 2.83. The van der Waals surface area contributed by atoms with Gasteiger partial charge in [-0.3, -0.25) is 14.6 Å². The zero-order chi connectivity index (χ0) is 22.9. The molecular formula is C25H20F2N4O2. The standard InChI is InChI=1S/C25H20F2N4O2/c26-19-13-18(14-20(27)15-19)16-5-7-17(8-6-16)24(33)30-9-11-31(12-10-30)25-28-22-4-2-1-3-21(22)23(32)29-25/h1-8,13-15H,9-12H2,(H,28,29,32). The highest BCUT2D eigenvalue weighted by molar-refractivity contribution is 5.95. The third-order valence-corrected chi connectivity index (χ3v) is 5.79. The minimum atomic E-state index is -0.648. The Kier molecular flexibility index (Phi) is 5.34. The van der Waals surface area contributed by atoms with Crippen LogP contribution >= 0.6 is 0 Å². The number of amides is 1. The van der Waals surface area contributed by atoms with Gasteiger partial charge >= 0.3 is 0 Å². The quantitative estimate of drug-likeness (QED) is 0.519. The number of nitrogens with one attached hydrogen (secondary N) is 1. The third kappa shape index (κ3) is 4.19. The van der Waals surface area contributed by atoms with Gasteiger partial charge in [-0.1, -0.05) is 24.3 Å². The number of nitrogens with zero attached hydrogens (tertiary/aromatic N) is 3. The lowest BCUT2D eigenvalue weighted by Crippen LogP contribution is -2.49. The Morgan fingerprint density at radius 2 is 1.52 bits per heavy atom. The van der Waals surface area contributed by atoms with Crippen molar-refractivity contribution in [3.05, 3.63) is 94.3 Å². The van der Waals surface area contributed by atoms with Gasteiger partial charge < -0.3 is 9.80 Å². The van der Waals surface area contributed by atoms with E-state index in [9.17, 15) is 18.4 Å². The summed E-state index contributed by atoms with van der Waals surface area (Å²) in [6.07, 6.45) is 0. The van der Waals surface area contributed by atoms with E-state index in [2.05, 4.69) is 9.97 Å². The summed E-state index contributed by atoms with van der Waals surface area (Å²) < 4.78 is 27.0. The second kappa shape index (κ2) is 8.46. The maximum Gasteiger partial charge on any atom is 0.260 e. The van der Waals surface area contributed by atoms with Gasteiger partial charge in [0.25, 0.3) is 11.5 Å². The van der Waals surface area contributed by atoms with Crippen LogP contribution in [0.3, 0.4) is 0 Å². The molecule has 1 N–H and O–H groups in total. The molecule has 5 rings (SSSR count). The summed E-state index contributed by atoms with van der Waals surface area (Å²) in [5.41, 5.74) is 1.99. The molecule has 0 saturated carbocycles. The van der Waals surface area contributed by atoms with E-state index >= 15 is 0 Å². The maximum absolute atomic E-state index is 13.5. The number of hydrogen-bond acceptors (Lipinski definition) is 4. The van der Waals surface area contributed by atoms with E-state index in [1.54, 1.807) is 47.4 Å². The number of H-pyrrole nitrogens is 1. The van der Waals surface area contributed by atoms with Crippen LogP contribution in [-0.2, 0) is 0 Å². The summed E-state index contributed by atoms with van der Waals surface area (Å²) in [6.45, 7) is 2.03. The second-order valence-electron chi connectivity index (χ2n) is 7.92. The lowest BCUT2D eigenvalue weighted by Gasteiger charge is -2.35. The zero-order valence-electron chi connectivity index (χ0n) is 17.6. The molecule has 4 aromatic rings. The molecule has 2 heterocycles. The second-order valence-corrected chi connectivity index (χ2v) is 7.92. The summed E-state index contributed by atoms with van der Waals surface area (Å²) in [7, 11) is 0. The smallest absolute Gasteiger partial charge is 0.260 e. The molecule has 0 radical (unpaired) electrons. The molecule has 1 saturated heterocycles. The van der Waals surface area contributed by atoms with Crippen molar-refractivity contribution in [2.75, 3.05) is 31.1 Å². The van der Waals surface area contributed by atoms with Crippen LogP contribution < -0.4 is 10.5 Å². The first-order valence-electron chi connectivity index (χ1n) is 10.6. The van der Waals surface area contributed by atoms with Gasteiger partial charge in [-0.2, -0.15) is 0 Å². The van der Waals surface area contributed by atoms with Crippen molar-refractivity contribution in [1.82, 2.24) is 14.9 Å². The van der Waals surface area contributed by atoms with Crippen LogP contribution in [0.25, 0.3) is 22.0 Å². The largest absolute Gasteiger partial charge is 0.339 e. The van der Waals surface area contributed by atoms with Gasteiger partial charge in [0, 0.05) is 37.8 Å². The summed E-state index contributed by atoms with van der Waals surface area (Å²) in [4.78, 5) is 36.4. The van der Waals surface area contributed by atoms with Gasteiger partial charge in [0.05, 0.1) is 10.9 Å². The molecule has 33 heavy (non-hydrogen) atoms. The lowest BCUT2D eigenvalue weighted by atomic mass is 10.0. The molecule has 0 spiro atoms. The molecule has 0 aliphatic carbocycles. The number of rotatable bonds is 3. The van der Waals surface area contributed by atoms with E-state index in [4.69, 9.17) is 0 Å². The Bertz CT molecular complexity index is 1370. The van der Waals surface area contributed by atoms with Gasteiger partial charge in [0.15, 0.2) is 0 Å². The summed E-state index contributed by atoms with van der Waals surface area (Å²) in [5, 5.41) is 0.541. The zero-order valence-corrected chi connectivity index (χ0v) is 17.6. The normalized spacial score (nSPS) is 14.0. The molecule has 6 nitrogen and oxygen atoms in total. The first-order valence-corrected chi connectivity index (χ1v) is 10.6. The van der Waals surface area contributed by atoms with Crippen LogP contribution in [0, 0.1) is 11.6 Å². The van der Waals surface area contributed by atoms with Crippen molar-refractivity contribution in [3.8, 4) is 11.1 Å². The van der Waals surface area contributed by atoms with Crippen LogP contribution in [0.4, 0.5) is 14.7 Å². The minimum Gasteiger partial charge on any atom is -0.339 e. The maximum atomic E-state index is 13.5. The number of aromatic amines is 1. The Labute approximate surface area is 188 Å². The van der Waals surface area contributed by atoms with Crippen LogP contribution in [-0.4, -0.2) is 47.0 Å². The summed E-state index contributed by atoms with van der Waals surface area (Å²) in [5.74, 6) is -0.917. The van der Waals surface area contributed by atoms with Crippen molar-refractivity contribution in [1.29, 1.82) is 0 Å². The van der Waals surface area contributed by atoms with Crippen molar-refractivity contribution in [2.24, 2.45) is 0 Å². The fourth-order valence-corrected chi connectivity index (χ4v) is 4.05. The number of piperazine rings is 1. The molecule has 1 aliphatic rings. The molecule has 1 fully saturated rings. The Balaban J connectivity index is 1.27. The number of aromatic nitrogens is 2. The number of carbonyl (C=O) groups excluding carboxylic acids is 1. The van der Waals surface area contributed by atoms with Crippen LogP contribution in [0.2, 0.25) is 0 Å². The fourth-order valence-electron chi connectivity index (χ4n) is 4.05. The minimum absolute atomic E-state index is 0.119. The molecule has 1 amide bonds. The topological polar surface area (TPSA) is 69.3 Å². The van der Waals surface area contributed by atoms with Gasteiger partial charge in [0.1, 0.15) is 11.6 Å². The Morgan fingerprint density at radius 3 is 2.21 bits per heavy atom. The molecule has 8 heteroatoms. The SMILES string of the molecule is O=C(c1ccc(-c2cc(F)cc(F)c2)cc1)N1CCN(c2nc3ccccc3c(=O)[nH]2)CC1. The number of anilines is 1. The monoisotopic (exact) mass is 446 g/mol. The van der Waals surface area contributed by atoms with Crippen LogP contribution in [0.5, 0.6) is 0 Å². The number of halogens is 2. The van der Waals surface area contributed by atoms with Gasteiger partial charge in [-0.15, -0.1) is 0 Å². The van der Waals surface area contributed by atoms with E-state index in [1.807, 2.05) is 11.0 Å². The highest BCUT2D eigenvalue weighted by Crippen LogP contribution is 2.23. The fraction of sp³-hybridized carbons (Fsp3) is 0.160. The molecule has 1 aliphatic heterocycles. The van der Waals surface area contributed by atoms with Gasteiger partial charge in [0.2, 0.25) is 5.95 Å². The van der Waals surface area contributed by atoms with Gasteiger partial charge in [-0.25, -0.2) is 13.8 Å². The number of hydrogen-bond donors (Lipinski definition) is 1. The summed E-state index contributed by atoms with van der Waals surface area (Å²) >= 11 is 0. The molecule has 0 bridgehead atoms.